The Morgan fingerprint density at radius 3 is 2.16 bits per heavy atom. The van der Waals surface area contributed by atoms with Gasteiger partial charge in [0.25, 0.3) is 0 Å². The lowest BCUT2D eigenvalue weighted by Gasteiger charge is -2.09. The predicted molar refractivity (Wildman–Crippen MR) is 135 cm³/mol. The number of ether oxygens (including phenoxy) is 1. The summed E-state index contributed by atoms with van der Waals surface area (Å²) >= 11 is 0. The normalized spacial score (nSPS) is 12.2. The summed E-state index contributed by atoms with van der Waals surface area (Å²) in [5, 5.41) is 0. The molecular weight excluding hydrogens is 392 g/mol. The largest absolute Gasteiger partial charge is 0.465 e. The topological polar surface area (TPSA) is 35.0 Å². The van der Waals surface area contributed by atoms with E-state index >= 15 is 0 Å². The predicted octanol–water partition coefficient (Wildman–Crippen LogP) is 8.26. The van der Waals surface area contributed by atoms with E-state index < -0.39 is 0 Å². The quantitative estimate of drug-likeness (QED) is 0.215. The first-order valence-corrected chi connectivity index (χ1v) is 12.0. The number of hydrogen-bond acceptors (Lipinski definition) is 3. The molecular formula is C29H36N2O. The van der Waals surface area contributed by atoms with Crippen LogP contribution in [-0.4, -0.2) is 9.97 Å². The third kappa shape index (κ3) is 7.33. The standard InChI is InChI=1S/C29H36N2O/c1-4-6-7-8-9-10-19-32-28-17-15-26(16-18-28)29-30-21-27(22-31-29)25-13-11-24(12-14-25)20-23(3)5-2/h10-19,21-23H,4-9,20H2,1-3H3/b19-10+/t23-/m0/s1. The molecule has 2 aromatic carbocycles. The molecule has 0 fully saturated rings. The molecule has 3 aromatic rings. The smallest absolute Gasteiger partial charge is 0.159 e. The Balaban J connectivity index is 1.55. The highest BCUT2D eigenvalue weighted by molar-refractivity contribution is 5.64. The van der Waals surface area contributed by atoms with Gasteiger partial charge in [-0.05, 0) is 66.6 Å². The van der Waals surface area contributed by atoms with E-state index in [4.69, 9.17) is 4.74 Å². The second-order valence-corrected chi connectivity index (χ2v) is 8.57. The van der Waals surface area contributed by atoms with E-state index in [0.717, 1.165) is 41.1 Å². The minimum absolute atomic E-state index is 0.715. The van der Waals surface area contributed by atoms with Crippen molar-refractivity contribution in [3.05, 3.63) is 78.8 Å². The Kier molecular flexibility index (Phi) is 9.49. The second-order valence-electron chi connectivity index (χ2n) is 8.57. The van der Waals surface area contributed by atoms with Gasteiger partial charge in [-0.15, -0.1) is 0 Å². The van der Waals surface area contributed by atoms with Gasteiger partial charge in [0.05, 0.1) is 6.26 Å². The molecule has 3 rings (SSSR count). The van der Waals surface area contributed by atoms with Crippen molar-refractivity contribution in [1.29, 1.82) is 0 Å². The molecule has 1 atom stereocenters. The first kappa shape index (κ1) is 23.7. The summed E-state index contributed by atoms with van der Waals surface area (Å²) in [5.41, 5.74) is 4.55. The maximum Gasteiger partial charge on any atom is 0.159 e. The zero-order chi connectivity index (χ0) is 22.6. The average molecular weight is 429 g/mol. The van der Waals surface area contributed by atoms with Crippen LogP contribution in [0.3, 0.4) is 0 Å². The molecule has 0 aliphatic carbocycles. The molecule has 0 spiro atoms. The highest BCUT2D eigenvalue weighted by Gasteiger charge is 2.05. The van der Waals surface area contributed by atoms with Crippen molar-refractivity contribution in [2.24, 2.45) is 5.92 Å². The summed E-state index contributed by atoms with van der Waals surface area (Å²) < 4.78 is 5.70. The van der Waals surface area contributed by atoms with Crippen molar-refractivity contribution in [3.63, 3.8) is 0 Å². The molecule has 0 unspecified atom stereocenters. The number of nitrogens with zero attached hydrogens (tertiary/aromatic N) is 2. The fourth-order valence-electron chi connectivity index (χ4n) is 3.57. The molecule has 3 nitrogen and oxygen atoms in total. The highest BCUT2D eigenvalue weighted by atomic mass is 16.5. The summed E-state index contributed by atoms with van der Waals surface area (Å²) in [5.74, 6) is 2.26. The first-order chi connectivity index (χ1) is 15.7. The number of aromatic nitrogens is 2. The van der Waals surface area contributed by atoms with E-state index in [0.29, 0.717) is 5.92 Å². The van der Waals surface area contributed by atoms with Crippen LogP contribution in [0.25, 0.3) is 22.5 Å². The zero-order valence-corrected chi connectivity index (χ0v) is 19.8. The minimum Gasteiger partial charge on any atom is -0.465 e. The Hall–Kier alpha value is -2.94. The van der Waals surface area contributed by atoms with Crippen LogP contribution in [-0.2, 0) is 6.42 Å². The van der Waals surface area contributed by atoms with Crippen molar-refractivity contribution in [2.45, 2.75) is 65.7 Å². The molecule has 3 heteroatoms. The lowest BCUT2D eigenvalue weighted by Crippen LogP contribution is -1.97. The van der Waals surface area contributed by atoms with Crippen molar-refractivity contribution in [2.75, 3.05) is 0 Å². The summed E-state index contributed by atoms with van der Waals surface area (Å²) in [4.78, 5) is 9.17. The summed E-state index contributed by atoms with van der Waals surface area (Å²) in [6, 6.07) is 16.7. The SMILES string of the molecule is CCCCCC/C=C/Oc1ccc(-c2ncc(-c3ccc(C[C@@H](C)CC)cc3)cn2)cc1. The second kappa shape index (κ2) is 12.8. The van der Waals surface area contributed by atoms with E-state index in [1.165, 1.54) is 37.7 Å². The van der Waals surface area contributed by atoms with Gasteiger partial charge in [-0.1, -0.05) is 70.7 Å². The Bertz CT molecular complexity index is 944. The third-order valence-corrected chi connectivity index (χ3v) is 5.86. The van der Waals surface area contributed by atoms with Gasteiger partial charge in [-0.2, -0.15) is 0 Å². The molecule has 0 N–H and O–H groups in total. The van der Waals surface area contributed by atoms with Crippen molar-refractivity contribution in [3.8, 4) is 28.3 Å². The van der Waals surface area contributed by atoms with Crippen molar-refractivity contribution in [1.82, 2.24) is 9.97 Å². The molecule has 32 heavy (non-hydrogen) atoms. The molecule has 0 saturated carbocycles. The average Bonchev–Trinajstić information content (AvgIpc) is 2.84. The lowest BCUT2D eigenvalue weighted by molar-refractivity contribution is 0.477. The summed E-state index contributed by atoms with van der Waals surface area (Å²) in [7, 11) is 0. The Morgan fingerprint density at radius 1 is 0.812 bits per heavy atom. The highest BCUT2D eigenvalue weighted by Crippen LogP contribution is 2.23. The van der Waals surface area contributed by atoms with E-state index in [-0.39, 0.29) is 0 Å². The van der Waals surface area contributed by atoms with Crippen LogP contribution in [0, 0.1) is 5.92 Å². The summed E-state index contributed by atoms with van der Waals surface area (Å²) in [6.45, 7) is 6.77. The number of unbranched alkanes of at least 4 members (excludes halogenated alkanes) is 4. The Labute approximate surface area is 193 Å². The molecule has 0 aliphatic heterocycles. The maximum atomic E-state index is 5.70. The van der Waals surface area contributed by atoms with Crippen LogP contribution in [0.15, 0.2) is 73.3 Å². The monoisotopic (exact) mass is 428 g/mol. The molecule has 0 bridgehead atoms. The zero-order valence-electron chi connectivity index (χ0n) is 19.8. The van der Waals surface area contributed by atoms with Gasteiger partial charge in [0.2, 0.25) is 0 Å². The number of allylic oxidation sites excluding steroid dienone is 1. The molecule has 0 radical (unpaired) electrons. The Morgan fingerprint density at radius 2 is 1.50 bits per heavy atom. The van der Waals surface area contributed by atoms with Gasteiger partial charge in [-0.25, -0.2) is 9.97 Å². The lowest BCUT2D eigenvalue weighted by atomic mass is 9.97. The molecule has 1 heterocycles. The fraction of sp³-hybridized carbons (Fsp3) is 0.379. The summed E-state index contributed by atoms with van der Waals surface area (Å²) in [6.07, 6.45) is 16.2. The molecule has 168 valence electrons. The van der Waals surface area contributed by atoms with Crippen LogP contribution in [0.4, 0.5) is 0 Å². The molecule has 1 aromatic heterocycles. The van der Waals surface area contributed by atoms with Crippen LogP contribution < -0.4 is 4.74 Å². The van der Waals surface area contributed by atoms with Gasteiger partial charge in [-0.3, -0.25) is 0 Å². The fourth-order valence-corrected chi connectivity index (χ4v) is 3.57. The van der Waals surface area contributed by atoms with Crippen LogP contribution >= 0.6 is 0 Å². The number of hydrogen-bond donors (Lipinski definition) is 0. The van der Waals surface area contributed by atoms with Crippen molar-refractivity contribution < 1.29 is 4.74 Å². The van der Waals surface area contributed by atoms with Gasteiger partial charge in [0.15, 0.2) is 5.82 Å². The minimum atomic E-state index is 0.715. The van der Waals surface area contributed by atoms with Gasteiger partial charge in [0.1, 0.15) is 5.75 Å². The van der Waals surface area contributed by atoms with Crippen molar-refractivity contribution >= 4 is 0 Å². The van der Waals surface area contributed by atoms with E-state index in [1.54, 1.807) is 6.26 Å². The van der Waals surface area contributed by atoms with Crippen LogP contribution in [0.2, 0.25) is 0 Å². The van der Waals surface area contributed by atoms with E-state index in [2.05, 4.69) is 61.1 Å². The number of benzene rings is 2. The van der Waals surface area contributed by atoms with Crippen LogP contribution in [0.1, 0.15) is 64.9 Å². The molecule has 0 aliphatic rings. The van der Waals surface area contributed by atoms with Crippen LogP contribution in [0.5, 0.6) is 5.75 Å². The molecule has 0 saturated heterocycles. The van der Waals surface area contributed by atoms with E-state index in [9.17, 15) is 0 Å². The van der Waals surface area contributed by atoms with Gasteiger partial charge < -0.3 is 4.74 Å². The van der Waals surface area contributed by atoms with Gasteiger partial charge in [0, 0.05) is 23.5 Å². The number of rotatable bonds is 12. The molecule has 0 amide bonds. The van der Waals surface area contributed by atoms with Gasteiger partial charge >= 0.3 is 0 Å². The first-order valence-electron chi connectivity index (χ1n) is 12.0. The maximum absolute atomic E-state index is 5.70. The van der Waals surface area contributed by atoms with E-state index in [1.807, 2.05) is 36.7 Å². The third-order valence-electron chi connectivity index (χ3n) is 5.86.